The molecule has 0 aromatic heterocycles. The Morgan fingerprint density at radius 1 is 1.10 bits per heavy atom. The normalized spacial score (nSPS) is 15.5. The number of likely N-dealkylation sites (N-methyl/N-ethyl adjacent to an activating group) is 1. The molecule has 0 saturated carbocycles. The second kappa shape index (κ2) is 9.54. The third kappa shape index (κ3) is 5.24. The van der Waals surface area contributed by atoms with Crippen LogP contribution in [0.2, 0.25) is 0 Å². The smallest absolute Gasteiger partial charge is 0.254 e. The Kier molecular flexibility index (Phi) is 6.84. The molecule has 7 nitrogen and oxygen atoms in total. The monoisotopic (exact) mass is 409 g/mol. The molecule has 2 N–H and O–H groups in total. The Labute approximate surface area is 176 Å². The highest BCUT2D eigenvalue weighted by Crippen LogP contribution is 2.19. The van der Waals surface area contributed by atoms with Gasteiger partial charge in [-0.1, -0.05) is 18.2 Å². The summed E-state index contributed by atoms with van der Waals surface area (Å²) in [6, 6.07) is 12.4. The van der Waals surface area contributed by atoms with Crippen LogP contribution in [0.4, 0.5) is 11.4 Å². The average molecular weight is 409 g/mol. The van der Waals surface area contributed by atoms with Crippen molar-refractivity contribution in [3.63, 3.8) is 0 Å². The second-order valence-electron chi connectivity index (χ2n) is 7.53. The molecule has 1 saturated heterocycles. The largest absolute Gasteiger partial charge is 0.368 e. The van der Waals surface area contributed by atoms with Crippen LogP contribution in [0.5, 0.6) is 0 Å². The van der Waals surface area contributed by atoms with Gasteiger partial charge in [-0.3, -0.25) is 14.4 Å². The van der Waals surface area contributed by atoms with Gasteiger partial charge in [-0.2, -0.15) is 0 Å². The molecule has 3 amide bonds. The number of anilines is 2. The van der Waals surface area contributed by atoms with Gasteiger partial charge in [0.05, 0.1) is 6.54 Å². The summed E-state index contributed by atoms with van der Waals surface area (Å²) < 4.78 is 5.38. The van der Waals surface area contributed by atoms with Crippen LogP contribution in [0.1, 0.15) is 34.3 Å². The molecule has 1 fully saturated rings. The highest BCUT2D eigenvalue weighted by molar-refractivity contribution is 6.01. The van der Waals surface area contributed by atoms with Crippen LogP contribution in [-0.2, 0) is 14.3 Å². The van der Waals surface area contributed by atoms with Crippen molar-refractivity contribution in [1.82, 2.24) is 4.90 Å². The number of amides is 3. The zero-order chi connectivity index (χ0) is 21.7. The van der Waals surface area contributed by atoms with E-state index in [9.17, 15) is 14.4 Å². The van der Waals surface area contributed by atoms with Crippen LogP contribution in [0.3, 0.4) is 0 Å². The standard InChI is InChI=1S/C23H27N3O4/c1-15-7-4-10-19(16(15)2)25-21(27)14-26(3)23(29)17-8-5-9-18(13-17)24-22(28)20-11-6-12-30-20/h4-5,7-10,13,20H,6,11-12,14H2,1-3H3,(H,24,28)(H,25,27). The minimum absolute atomic E-state index is 0.0846. The van der Waals surface area contributed by atoms with E-state index in [0.29, 0.717) is 24.3 Å². The fourth-order valence-electron chi connectivity index (χ4n) is 3.32. The van der Waals surface area contributed by atoms with E-state index in [0.717, 1.165) is 23.2 Å². The molecule has 0 bridgehead atoms. The van der Waals surface area contributed by atoms with Crippen molar-refractivity contribution < 1.29 is 19.1 Å². The van der Waals surface area contributed by atoms with Gasteiger partial charge in [0.2, 0.25) is 5.91 Å². The Bertz CT molecular complexity index is 951. The van der Waals surface area contributed by atoms with Crippen molar-refractivity contribution >= 4 is 29.1 Å². The number of nitrogens with zero attached hydrogens (tertiary/aromatic N) is 1. The third-order valence-electron chi connectivity index (χ3n) is 5.21. The maximum absolute atomic E-state index is 12.8. The maximum atomic E-state index is 12.8. The zero-order valence-electron chi connectivity index (χ0n) is 17.5. The van der Waals surface area contributed by atoms with Crippen LogP contribution in [0, 0.1) is 13.8 Å². The quantitative estimate of drug-likeness (QED) is 0.767. The number of nitrogens with one attached hydrogen (secondary N) is 2. The molecular weight excluding hydrogens is 382 g/mol. The minimum atomic E-state index is -0.444. The van der Waals surface area contributed by atoms with Gasteiger partial charge in [-0.15, -0.1) is 0 Å². The zero-order valence-corrected chi connectivity index (χ0v) is 17.5. The van der Waals surface area contributed by atoms with Gasteiger partial charge in [0, 0.05) is 30.6 Å². The molecule has 7 heteroatoms. The van der Waals surface area contributed by atoms with E-state index in [1.165, 1.54) is 4.90 Å². The Morgan fingerprint density at radius 3 is 2.60 bits per heavy atom. The van der Waals surface area contributed by atoms with Crippen molar-refractivity contribution in [2.45, 2.75) is 32.8 Å². The predicted octanol–water partition coefficient (Wildman–Crippen LogP) is 3.13. The molecule has 158 valence electrons. The summed E-state index contributed by atoms with van der Waals surface area (Å²) in [4.78, 5) is 38.7. The van der Waals surface area contributed by atoms with Crippen molar-refractivity contribution in [3.05, 3.63) is 59.2 Å². The summed E-state index contributed by atoms with van der Waals surface area (Å²) in [6.45, 7) is 4.42. The molecule has 2 aromatic rings. The van der Waals surface area contributed by atoms with E-state index in [1.807, 2.05) is 32.0 Å². The summed E-state index contributed by atoms with van der Waals surface area (Å²) in [5.74, 6) is -0.792. The number of aryl methyl sites for hydroxylation is 1. The van der Waals surface area contributed by atoms with Crippen molar-refractivity contribution in [3.8, 4) is 0 Å². The van der Waals surface area contributed by atoms with Gasteiger partial charge in [0.25, 0.3) is 11.8 Å². The maximum Gasteiger partial charge on any atom is 0.254 e. The number of hydrogen-bond acceptors (Lipinski definition) is 4. The van der Waals surface area contributed by atoms with Gasteiger partial charge >= 0.3 is 0 Å². The van der Waals surface area contributed by atoms with Crippen LogP contribution >= 0.6 is 0 Å². The highest BCUT2D eigenvalue weighted by atomic mass is 16.5. The number of carbonyl (C=O) groups excluding carboxylic acids is 3. The van der Waals surface area contributed by atoms with E-state index in [-0.39, 0.29) is 24.3 Å². The Morgan fingerprint density at radius 2 is 1.87 bits per heavy atom. The van der Waals surface area contributed by atoms with E-state index in [4.69, 9.17) is 4.74 Å². The number of carbonyl (C=O) groups is 3. The summed E-state index contributed by atoms with van der Waals surface area (Å²) in [5, 5.41) is 5.64. The lowest BCUT2D eigenvalue weighted by Crippen LogP contribution is -2.35. The van der Waals surface area contributed by atoms with E-state index < -0.39 is 6.10 Å². The first-order chi connectivity index (χ1) is 14.3. The molecule has 1 aliphatic heterocycles. The van der Waals surface area contributed by atoms with Crippen LogP contribution in [0.25, 0.3) is 0 Å². The predicted molar refractivity (Wildman–Crippen MR) is 116 cm³/mol. The number of benzene rings is 2. The van der Waals surface area contributed by atoms with Gasteiger partial charge < -0.3 is 20.3 Å². The van der Waals surface area contributed by atoms with Crippen LogP contribution in [-0.4, -0.2) is 48.9 Å². The third-order valence-corrected chi connectivity index (χ3v) is 5.21. The minimum Gasteiger partial charge on any atom is -0.368 e. The van der Waals surface area contributed by atoms with Gasteiger partial charge in [0.1, 0.15) is 6.10 Å². The summed E-state index contributed by atoms with van der Waals surface area (Å²) >= 11 is 0. The molecule has 3 rings (SSSR count). The Balaban J connectivity index is 1.60. The molecular formula is C23H27N3O4. The van der Waals surface area contributed by atoms with Crippen LogP contribution < -0.4 is 10.6 Å². The summed E-state index contributed by atoms with van der Waals surface area (Å²) in [7, 11) is 1.57. The molecule has 1 atom stereocenters. The van der Waals surface area contributed by atoms with Crippen molar-refractivity contribution in [2.75, 3.05) is 30.8 Å². The molecule has 1 heterocycles. The lowest BCUT2D eigenvalue weighted by atomic mass is 10.1. The summed E-state index contributed by atoms with van der Waals surface area (Å²) in [5.41, 5.74) is 3.73. The lowest BCUT2D eigenvalue weighted by molar-refractivity contribution is -0.124. The fraction of sp³-hybridized carbons (Fsp3) is 0.348. The molecule has 1 unspecified atom stereocenters. The van der Waals surface area contributed by atoms with E-state index in [2.05, 4.69) is 10.6 Å². The van der Waals surface area contributed by atoms with Gasteiger partial charge in [0.15, 0.2) is 0 Å². The second-order valence-corrected chi connectivity index (χ2v) is 7.53. The first-order valence-corrected chi connectivity index (χ1v) is 9.99. The number of ether oxygens (including phenoxy) is 1. The van der Waals surface area contributed by atoms with Crippen molar-refractivity contribution in [2.24, 2.45) is 0 Å². The van der Waals surface area contributed by atoms with Gasteiger partial charge in [-0.25, -0.2) is 0 Å². The number of hydrogen-bond donors (Lipinski definition) is 2. The fourth-order valence-corrected chi connectivity index (χ4v) is 3.32. The highest BCUT2D eigenvalue weighted by Gasteiger charge is 2.24. The summed E-state index contributed by atoms with van der Waals surface area (Å²) in [6.07, 6.45) is 1.12. The van der Waals surface area contributed by atoms with Gasteiger partial charge in [-0.05, 0) is 62.1 Å². The molecule has 2 aromatic carbocycles. The first kappa shape index (κ1) is 21.5. The van der Waals surface area contributed by atoms with E-state index in [1.54, 1.807) is 31.3 Å². The topological polar surface area (TPSA) is 87.7 Å². The molecule has 1 aliphatic rings. The average Bonchev–Trinajstić information content (AvgIpc) is 3.26. The lowest BCUT2D eigenvalue weighted by Gasteiger charge is -2.18. The Hall–Kier alpha value is -3.19. The van der Waals surface area contributed by atoms with E-state index >= 15 is 0 Å². The SMILES string of the molecule is Cc1cccc(NC(=O)CN(C)C(=O)c2cccc(NC(=O)C3CCCO3)c2)c1C. The van der Waals surface area contributed by atoms with Crippen molar-refractivity contribution in [1.29, 1.82) is 0 Å². The molecule has 0 radical (unpaired) electrons. The van der Waals surface area contributed by atoms with Crippen LogP contribution in [0.15, 0.2) is 42.5 Å². The first-order valence-electron chi connectivity index (χ1n) is 9.99. The molecule has 0 aliphatic carbocycles. The molecule has 30 heavy (non-hydrogen) atoms. The number of rotatable bonds is 6. The molecule has 0 spiro atoms.